The highest BCUT2D eigenvalue weighted by atomic mass is 15.1. The Balaban J connectivity index is 0. The van der Waals surface area contributed by atoms with Gasteiger partial charge in [0, 0.05) is 39.8 Å². The summed E-state index contributed by atoms with van der Waals surface area (Å²) in [6, 6.07) is 0.604. The van der Waals surface area contributed by atoms with Gasteiger partial charge in [0.1, 0.15) is 0 Å². The van der Waals surface area contributed by atoms with Crippen molar-refractivity contribution in [3.8, 4) is 0 Å². The molecule has 0 spiro atoms. The Kier molecular flexibility index (Phi) is 8.03. The van der Waals surface area contributed by atoms with E-state index in [0.29, 0.717) is 17.9 Å². The summed E-state index contributed by atoms with van der Waals surface area (Å²) in [5, 5.41) is 0. The van der Waals surface area contributed by atoms with E-state index in [1.165, 1.54) is 24.1 Å². The minimum Gasteiger partial charge on any atom is -0.340 e. The fourth-order valence-corrected chi connectivity index (χ4v) is 3.28. The third-order valence-corrected chi connectivity index (χ3v) is 4.98. The van der Waals surface area contributed by atoms with Crippen molar-refractivity contribution in [2.45, 2.75) is 61.4 Å². The Morgan fingerprint density at radius 1 is 1.08 bits per heavy atom. The van der Waals surface area contributed by atoms with E-state index in [2.05, 4.69) is 73.4 Å². The van der Waals surface area contributed by atoms with Crippen LogP contribution in [0.4, 0.5) is 0 Å². The summed E-state index contributed by atoms with van der Waals surface area (Å²) in [6.45, 7) is 9.98. The van der Waals surface area contributed by atoms with Crippen molar-refractivity contribution in [3.63, 3.8) is 0 Å². The molecule has 0 N–H and O–H groups in total. The standard InChI is InChI=1S/C11H15N.C11H13N.2CH4.2H2/c1-9(2)10-5-6-11-4-3-7-12(11)8-10;1-9(2)10-5-7-12-6-3-4-11(12)8-10;;;;/h4,7-9,11H,5-6H2,1-2H3;4-6,8-9H,7H2,1-2H3;2*1H4;2*1H/i;;;;2*1+1. The SMILES string of the molecule is C.C.CC(C)C1=CCN2C=C=CC2=C1.CC(C)C1=CN2C=C=CC2CC1.[2HH].[2HH]. The van der Waals surface area contributed by atoms with E-state index in [-0.39, 0.29) is 17.7 Å². The first-order valence-electron chi connectivity index (χ1n) is 9.06. The number of hydrogen-bond acceptors (Lipinski definition) is 2. The molecule has 4 aliphatic heterocycles. The zero-order valence-electron chi connectivity index (χ0n) is 15.3. The fraction of sp³-hybridized carbons (Fsp3) is 0.500. The molecule has 146 valence electrons. The summed E-state index contributed by atoms with van der Waals surface area (Å²) < 4.78 is 0. The fourth-order valence-electron chi connectivity index (χ4n) is 3.28. The second kappa shape index (κ2) is 9.53. The maximum Gasteiger partial charge on any atom is 0.0594 e. The molecule has 0 aliphatic carbocycles. The lowest BCUT2D eigenvalue weighted by Gasteiger charge is -2.29. The number of rotatable bonds is 2. The Hall–Kier alpha value is -2.14. The van der Waals surface area contributed by atoms with Gasteiger partial charge in [0.05, 0.1) is 6.04 Å². The Morgan fingerprint density at radius 2 is 1.85 bits per heavy atom. The van der Waals surface area contributed by atoms with Crippen LogP contribution >= 0.6 is 0 Å². The lowest BCUT2D eigenvalue weighted by atomic mass is 9.94. The second-order valence-corrected chi connectivity index (χ2v) is 7.39. The molecular weight excluding hydrogens is 316 g/mol. The molecule has 0 radical (unpaired) electrons. The summed E-state index contributed by atoms with van der Waals surface area (Å²) in [6.07, 6.45) is 17.6. The summed E-state index contributed by atoms with van der Waals surface area (Å²) in [5.74, 6) is 1.33. The summed E-state index contributed by atoms with van der Waals surface area (Å²) >= 11 is 0. The van der Waals surface area contributed by atoms with Gasteiger partial charge in [0.15, 0.2) is 0 Å². The van der Waals surface area contributed by atoms with Gasteiger partial charge in [0.25, 0.3) is 0 Å². The smallest absolute Gasteiger partial charge is 0.0594 e. The predicted octanol–water partition coefficient (Wildman–Crippen LogP) is 6.89. The normalized spacial score (nSPS) is 21.3. The Labute approximate surface area is 164 Å². The van der Waals surface area contributed by atoms with Gasteiger partial charge in [-0.1, -0.05) is 54.2 Å². The van der Waals surface area contributed by atoms with Crippen LogP contribution in [0.1, 0.15) is 58.2 Å². The topological polar surface area (TPSA) is 6.48 Å². The molecule has 0 aromatic heterocycles. The highest BCUT2D eigenvalue weighted by Gasteiger charge is 2.21. The maximum absolute atomic E-state index is 3.16. The molecular formula is C24H40N2. The molecule has 0 amide bonds. The van der Waals surface area contributed by atoms with E-state index >= 15 is 0 Å². The summed E-state index contributed by atoms with van der Waals surface area (Å²) in [5.41, 5.74) is 10.5. The third kappa shape index (κ3) is 4.94. The summed E-state index contributed by atoms with van der Waals surface area (Å²) in [4.78, 5) is 4.48. The first-order valence-corrected chi connectivity index (χ1v) is 9.06. The molecule has 1 atom stereocenters. The average molecular weight is 359 g/mol. The molecule has 2 heteroatoms. The minimum absolute atomic E-state index is 0. The first-order chi connectivity index (χ1) is 11.5. The van der Waals surface area contributed by atoms with E-state index in [4.69, 9.17) is 0 Å². The van der Waals surface area contributed by atoms with Crippen LogP contribution in [0, 0.1) is 11.8 Å². The lowest BCUT2D eigenvalue weighted by molar-refractivity contribution is 0.377. The molecule has 0 saturated carbocycles. The van der Waals surface area contributed by atoms with Gasteiger partial charge >= 0.3 is 0 Å². The van der Waals surface area contributed by atoms with E-state index in [9.17, 15) is 0 Å². The van der Waals surface area contributed by atoms with Crippen LogP contribution in [0.5, 0.6) is 0 Å². The second-order valence-electron chi connectivity index (χ2n) is 7.39. The van der Waals surface area contributed by atoms with Gasteiger partial charge in [0.2, 0.25) is 0 Å². The number of hydrogen-bond donors (Lipinski definition) is 0. The molecule has 4 rings (SSSR count). The van der Waals surface area contributed by atoms with E-state index in [0.717, 1.165) is 6.54 Å². The van der Waals surface area contributed by atoms with Gasteiger partial charge in [-0.2, -0.15) is 0 Å². The van der Waals surface area contributed by atoms with Crippen molar-refractivity contribution in [2.24, 2.45) is 11.8 Å². The number of nitrogens with zero attached hydrogens (tertiary/aromatic N) is 2. The van der Waals surface area contributed by atoms with Crippen molar-refractivity contribution in [1.82, 2.24) is 9.80 Å². The molecule has 0 saturated heterocycles. The molecule has 0 fully saturated rings. The molecule has 0 aromatic carbocycles. The molecule has 2 nitrogen and oxygen atoms in total. The quantitative estimate of drug-likeness (QED) is 0.496. The van der Waals surface area contributed by atoms with Crippen LogP contribution in [0.15, 0.2) is 71.2 Å². The molecule has 0 aromatic rings. The van der Waals surface area contributed by atoms with Crippen LogP contribution in [0.25, 0.3) is 0 Å². The van der Waals surface area contributed by atoms with Crippen molar-refractivity contribution in [3.05, 3.63) is 71.2 Å². The van der Waals surface area contributed by atoms with Crippen LogP contribution in [-0.2, 0) is 0 Å². The van der Waals surface area contributed by atoms with Crippen molar-refractivity contribution < 1.29 is 2.85 Å². The first kappa shape index (κ1) is 21.9. The predicted molar refractivity (Wildman–Crippen MR) is 118 cm³/mol. The third-order valence-electron chi connectivity index (χ3n) is 4.98. The highest BCUT2D eigenvalue weighted by Crippen LogP contribution is 2.28. The monoisotopic (exact) mass is 358 g/mol. The Bertz CT molecular complexity index is 713. The van der Waals surface area contributed by atoms with E-state index in [1.54, 1.807) is 5.57 Å². The molecule has 26 heavy (non-hydrogen) atoms. The lowest BCUT2D eigenvalue weighted by Crippen LogP contribution is -2.26. The Morgan fingerprint density at radius 3 is 2.54 bits per heavy atom. The zero-order chi connectivity index (χ0) is 17.1. The highest BCUT2D eigenvalue weighted by molar-refractivity contribution is 5.38. The maximum atomic E-state index is 3.16. The molecule has 0 bridgehead atoms. The van der Waals surface area contributed by atoms with Gasteiger partial charge in [-0.3, -0.25) is 0 Å². The minimum atomic E-state index is 0. The molecule has 4 aliphatic rings. The zero-order valence-corrected chi connectivity index (χ0v) is 15.3. The average Bonchev–Trinajstić information content (AvgIpc) is 3.22. The van der Waals surface area contributed by atoms with Gasteiger partial charge < -0.3 is 9.80 Å². The van der Waals surface area contributed by atoms with Crippen molar-refractivity contribution in [2.75, 3.05) is 6.54 Å². The van der Waals surface area contributed by atoms with Gasteiger partial charge in [-0.05, 0) is 42.4 Å². The van der Waals surface area contributed by atoms with Gasteiger partial charge in [-0.25, -0.2) is 0 Å². The van der Waals surface area contributed by atoms with Crippen LogP contribution in [0.2, 0.25) is 0 Å². The number of fused-ring (bicyclic) bond motifs is 2. The summed E-state index contributed by atoms with van der Waals surface area (Å²) in [7, 11) is 0. The van der Waals surface area contributed by atoms with E-state index < -0.39 is 0 Å². The van der Waals surface area contributed by atoms with Crippen LogP contribution in [0.3, 0.4) is 0 Å². The number of allylic oxidation sites excluding steroid dienone is 4. The van der Waals surface area contributed by atoms with Crippen molar-refractivity contribution >= 4 is 0 Å². The van der Waals surface area contributed by atoms with Crippen molar-refractivity contribution in [1.29, 1.82) is 0 Å². The molecule has 1 unspecified atom stereocenters. The largest absolute Gasteiger partial charge is 0.340 e. The molecule has 4 heterocycles. The van der Waals surface area contributed by atoms with Gasteiger partial charge in [-0.15, -0.1) is 11.5 Å². The van der Waals surface area contributed by atoms with E-state index in [1.807, 2.05) is 18.5 Å². The van der Waals surface area contributed by atoms with Crippen LogP contribution in [-0.4, -0.2) is 22.4 Å². The van der Waals surface area contributed by atoms with Crippen LogP contribution < -0.4 is 0 Å².